The highest BCUT2D eigenvalue weighted by molar-refractivity contribution is 7.26. The van der Waals surface area contributed by atoms with Crippen LogP contribution in [0.5, 0.6) is 0 Å². The van der Waals surface area contributed by atoms with E-state index in [1.807, 2.05) is 11.3 Å². The highest BCUT2D eigenvalue weighted by Gasteiger charge is 2.15. The number of anilines is 3. The molecule has 0 aliphatic carbocycles. The number of fused-ring (bicyclic) bond motifs is 4. The fourth-order valence-electron chi connectivity index (χ4n) is 6.06. The fraction of sp³-hybridized carbons (Fsp3) is 0. The second kappa shape index (κ2) is 10.3. The highest BCUT2D eigenvalue weighted by Crippen LogP contribution is 2.41. The fourth-order valence-corrected chi connectivity index (χ4v) is 7.29. The Hall–Kier alpha value is -5.18. The molecule has 8 aromatic rings. The van der Waals surface area contributed by atoms with Crippen LogP contribution in [0.4, 0.5) is 17.1 Å². The van der Waals surface area contributed by atoms with Gasteiger partial charge in [-0.15, -0.1) is 11.3 Å². The Bertz CT molecular complexity index is 2170. The van der Waals surface area contributed by atoms with Crippen molar-refractivity contribution >= 4 is 59.3 Å². The van der Waals surface area contributed by atoms with Gasteiger partial charge in [-0.3, -0.25) is 0 Å². The standard InChI is InChI=1S/C40H27NS/c1-2-12-31(13-3-1)41(32-24-20-29(21-25-32)35-16-8-11-28-10-4-5-14-34(28)35)33-26-22-30(23-27-33)36-17-9-18-38-37-15-6-7-19-39(37)42-40(36)38/h1-27H. The van der Waals surface area contributed by atoms with Crippen LogP contribution >= 0.6 is 11.3 Å². The first-order valence-corrected chi connectivity index (χ1v) is 15.1. The molecule has 1 aromatic heterocycles. The van der Waals surface area contributed by atoms with Gasteiger partial charge in [-0.25, -0.2) is 0 Å². The first-order valence-electron chi connectivity index (χ1n) is 14.3. The first-order chi connectivity index (χ1) is 20.8. The number of para-hydroxylation sites is 1. The summed E-state index contributed by atoms with van der Waals surface area (Å²) in [6.45, 7) is 0. The third kappa shape index (κ3) is 4.25. The normalized spacial score (nSPS) is 11.3. The summed E-state index contributed by atoms with van der Waals surface area (Å²) in [5.74, 6) is 0. The largest absolute Gasteiger partial charge is 0.311 e. The summed E-state index contributed by atoms with van der Waals surface area (Å²) in [4.78, 5) is 2.33. The van der Waals surface area contributed by atoms with Crippen molar-refractivity contribution in [2.24, 2.45) is 0 Å². The molecule has 0 saturated carbocycles. The Morgan fingerprint density at radius 2 is 0.881 bits per heavy atom. The summed E-state index contributed by atoms with van der Waals surface area (Å²) >= 11 is 1.88. The Kier molecular flexibility index (Phi) is 6.05. The zero-order valence-corrected chi connectivity index (χ0v) is 23.8. The summed E-state index contributed by atoms with van der Waals surface area (Å²) < 4.78 is 2.68. The Balaban J connectivity index is 1.19. The maximum Gasteiger partial charge on any atom is 0.0462 e. The Morgan fingerprint density at radius 1 is 0.357 bits per heavy atom. The van der Waals surface area contributed by atoms with E-state index in [1.165, 1.54) is 53.2 Å². The first kappa shape index (κ1) is 24.6. The van der Waals surface area contributed by atoms with Crippen molar-refractivity contribution < 1.29 is 0 Å². The van der Waals surface area contributed by atoms with E-state index in [0.29, 0.717) is 0 Å². The quantitative estimate of drug-likeness (QED) is 0.205. The summed E-state index contributed by atoms with van der Waals surface area (Å²) in [6.07, 6.45) is 0. The van der Waals surface area contributed by atoms with E-state index in [2.05, 4.69) is 169 Å². The monoisotopic (exact) mass is 553 g/mol. The molecule has 0 amide bonds. The molecule has 0 atom stereocenters. The van der Waals surface area contributed by atoms with Gasteiger partial charge in [0.1, 0.15) is 0 Å². The number of thiophene rings is 1. The van der Waals surface area contributed by atoms with Crippen molar-refractivity contribution in [2.75, 3.05) is 4.90 Å². The molecule has 8 rings (SSSR count). The molecule has 0 N–H and O–H groups in total. The average molecular weight is 554 g/mol. The van der Waals surface area contributed by atoms with Gasteiger partial charge in [-0.2, -0.15) is 0 Å². The molecule has 0 unspecified atom stereocenters. The highest BCUT2D eigenvalue weighted by atomic mass is 32.1. The van der Waals surface area contributed by atoms with Crippen molar-refractivity contribution in [1.82, 2.24) is 0 Å². The predicted octanol–water partition coefficient (Wildman–Crippen LogP) is 12.0. The van der Waals surface area contributed by atoms with Gasteiger partial charge >= 0.3 is 0 Å². The average Bonchev–Trinajstić information content (AvgIpc) is 3.45. The van der Waals surface area contributed by atoms with E-state index in [1.54, 1.807) is 0 Å². The molecule has 2 heteroatoms. The minimum absolute atomic E-state index is 1.13. The zero-order valence-electron chi connectivity index (χ0n) is 22.9. The lowest BCUT2D eigenvalue weighted by atomic mass is 9.98. The van der Waals surface area contributed by atoms with E-state index < -0.39 is 0 Å². The van der Waals surface area contributed by atoms with Crippen LogP contribution in [0, 0.1) is 0 Å². The molecule has 0 spiro atoms. The molecule has 0 radical (unpaired) electrons. The summed E-state index contributed by atoms with van der Waals surface area (Å²) in [5, 5.41) is 5.20. The van der Waals surface area contributed by atoms with Crippen molar-refractivity contribution in [3.8, 4) is 22.3 Å². The molecule has 0 bridgehead atoms. The van der Waals surface area contributed by atoms with Crippen LogP contribution in [-0.4, -0.2) is 0 Å². The molecule has 198 valence electrons. The van der Waals surface area contributed by atoms with Crippen LogP contribution in [0.15, 0.2) is 164 Å². The SMILES string of the molecule is c1ccc(N(c2ccc(-c3cccc4ccccc34)cc2)c2ccc(-c3cccc4c3sc3ccccc34)cc2)cc1. The number of hydrogen-bond donors (Lipinski definition) is 0. The van der Waals surface area contributed by atoms with E-state index >= 15 is 0 Å². The maximum absolute atomic E-state index is 2.33. The molecule has 0 aliphatic heterocycles. The lowest BCUT2D eigenvalue weighted by Crippen LogP contribution is -2.09. The Morgan fingerprint density at radius 3 is 1.64 bits per heavy atom. The number of rotatable bonds is 5. The summed E-state index contributed by atoms with van der Waals surface area (Å²) in [7, 11) is 0. The van der Waals surface area contributed by atoms with E-state index in [0.717, 1.165) is 17.1 Å². The van der Waals surface area contributed by atoms with Gasteiger partial charge in [-0.1, -0.05) is 121 Å². The second-order valence-electron chi connectivity index (χ2n) is 10.6. The van der Waals surface area contributed by atoms with Crippen LogP contribution in [0.25, 0.3) is 53.2 Å². The summed E-state index contributed by atoms with van der Waals surface area (Å²) in [5.41, 5.74) is 8.38. The third-order valence-corrected chi connectivity index (χ3v) is 9.30. The van der Waals surface area contributed by atoms with Crippen molar-refractivity contribution in [2.45, 2.75) is 0 Å². The van der Waals surface area contributed by atoms with Gasteiger partial charge in [0.05, 0.1) is 0 Å². The number of benzene rings is 7. The molecule has 1 heterocycles. The van der Waals surface area contributed by atoms with Gasteiger partial charge in [0.25, 0.3) is 0 Å². The van der Waals surface area contributed by atoms with Crippen molar-refractivity contribution in [3.05, 3.63) is 164 Å². The lowest BCUT2D eigenvalue weighted by molar-refractivity contribution is 1.28. The van der Waals surface area contributed by atoms with E-state index in [9.17, 15) is 0 Å². The summed E-state index contributed by atoms with van der Waals surface area (Å²) in [6, 6.07) is 59.0. The van der Waals surface area contributed by atoms with E-state index in [4.69, 9.17) is 0 Å². The van der Waals surface area contributed by atoms with Gasteiger partial charge in [0.2, 0.25) is 0 Å². The lowest BCUT2D eigenvalue weighted by Gasteiger charge is -2.26. The van der Waals surface area contributed by atoms with Crippen LogP contribution in [0.2, 0.25) is 0 Å². The molecule has 0 fully saturated rings. The van der Waals surface area contributed by atoms with Gasteiger partial charge in [0, 0.05) is 37.2 Å². The minimum atomic E-state index is 1.13. The topological polar surface area (TPSA) is 3.24 Å². The maximum atomic E-state index is 2.33. The second-order valence-corrected chi connectivity index (χ2v) is 11.6. The molecule has 0 aliphatic rings. The minimum Gasteiger partial charge on any atom is -0.311 e. The van der Waals surface area contributed by atoms with Crippen LogP contribution in [0.1, 0.15) is 0 Å². The van der Waals surface area contributed by atoms with Gasteiger partial charge in [-0.05, 0) is 75.5 Å². The number of nitrogens with zero attached hydrogens (tertiary/aromatic N) is 1. The van der Waals surface area contributed by atoms with E-state index in [-0.39, 0.29) is 0 Å². The molecule has 1 nitrogen and oxygen atoms in total. The van der Waals surface area contributed by atoms with Crippen molar-refractivity contribution in [3.63, 3.8) is 0 Å². The molecular weight excluding hydrogens is 527 g/mol. The smallest absolute Gasteiger partial charge is 0.0462 e. The van der Waals surface area contributed by atoms with Gasteiger partial charge in [0.15, 0.2) is 0 Å². The van der Waals surface area contributed by atoms with Gasteiger partial charge < -0.3 is 4.90 Å². The Labute approximate surface area is 249 Å². The zero-order chi connectivity index (χ0) is 27.9. The predicted molar refractivity (Wildman–Crippen MR) is 182 cm³/mol. The number of hydrogen-bond acceptors (Lipinski definition) is 2. The molecule has 7 aromatic carbocycles. The molecule has 0 saturated heterocycles. The van der Waals surface area contributed by atoms with Crippen LogP contribution in [0.3, 0.4) is 0 Å². The molecular formula is C40H27NS. The van der Waals surface area contributed by atoms with Crippen LogP contribution < -0.4 is 4.90 Å². The molecule has 42 heavy (non-hydrogen) atoms. The van der Waals surface area contributed by atoms with Crippen molar-refractivity contribution in [1.29, 1.82) is 0 Å². The third-order valence-electron chi connectivity index (χ3n) is 8.08. The van der Waals surface area contributed by atoms with Crippen LogP contribution in [-0.2, 0) is 0 Å².